The number of amides is 2. The van der Waals surface area contributed by atoms with Gasteiger partial charge in [-0.2, -0.15) is 0 Å². The van der Waals surface area contributed by atoms with Crippen molar-refractivity contribution in [2.75, 3.05) is 32.1 Å². The molecule has 3 aromatic rings. The molecule has 0 saturated carbocycles. The summed E-state index contributed by atoms with van der Waals surface area (Å²) in [4.78, 5) is 27.8. The smallest absolute Gasteiger partial charge is 0.264 e. The van der Waals surface area contributed by atoms with Crippen molar-refractivity contribution < 1.29 is 27.5 Å². The number of halogens is 2. The molecule has 1 N–H and O–H groups in total. The fourth-order valence-corrected chi connectivity index (χ4v) is 5.85. The predicted molar refractivity (Wildman–Crippen MR) is 156 cm³/mol. The van der Waals surface area contributed by atoms with Gasteiger partial charge in [0.15, 0.2) is 11.5 Å². The molecule has 0 aliphatic rings. The van der Waals surface area contributed by atoms with E-state index in [4.69, 9.17) is 32.7 Å². The summed E-state index contributed by atoms with van der Waals surface area (Å²) in [6, 6.07) is 14.7. The predicted octanol–water partition coefficient (Wildman–Crippen LogP) is 4.68. The van der Waals surface area contributed by atoms with E-state index in [0.29, 0.717) is 21.4 Å². The molecule has 1 unspecified atom stereocenters. The van der Waals surface area contributed by atoms with E-state index in [-0.39, 0.29) is 22.9 Å². The van der Waals surface area contributed by atoms with Crippen molar-refractivity contribution in [1.29, 1.82) is 0 Å². The Balaban J connectivity index is 2.11. The van der Waals surface area contributed by atoms with Crippen LogP contribution in [0.5, 0.6) is 11.5 Å². The fraction of sp³-hybridized carbons (Fsp3) is 0.286. The highest BCUT2D eigenvalue weighted by molar-refractivity contribution is 7.92. The second kappa shape index (κ2) is 13.3. The maximum atomic E-state index is 13.9. The van der Waals surface area contributed by atoms with Crippen LogP contribution in [0.25, 0.3) is 0 Å². The number of benzene rings is 3. The van der Waals surface area contributed by atoms with E-state index in [1.54, 1.807) is 37.3 Å². The number of ether oxygens (including phenoxy) is 2. The minimum atomic E-state index is -4.24. The zero-order chi connectivity index (χ0) is 29.6. The fourth-order valence-electron chi connectivity index (χ4n) is 3.97. The molecule has 0 spiro atoms. The van der Waals surface area contributed by atoms with Crippen LogP contribution in [0.4, 0.5) is 5.69 Å². The summed E-state index contributed by atoms with van der Waals surface area (Å²) < 4.78 is 39.5. The first-order valence-corrected chi connectivity index (χ1v) is 14.4. The van der Waals surface area contributed by atoms with Crippen molar-refractivity contribution in [1.82, 2.24) is 10.2 Å². The molecule has 40 heavy (non-hydrogen) atoms. The molecule has 0 heterocycles. The summed E-state index contributed by atoms with van der Waals surface area (Å²) in [7, 11) is 0.101. The first-order valence-electron chi connectivity index (χ1n) is 12.2. The molecule has 0 bridgehead atoms. The van der Waals surface area contributed by atoms with E-state index < -0.39 is 34.4 Å². The van der Waals surface area contributed by atoms with E-state index in [1.165, 1.54) is 56.5 Å². The Morgan fingerprint density at radius 1 is 0.950 bits per heavy atom. The number of hydrogen-bond donors (Lipinski definition) is 1. The van der Waals surface area contributed by atoms with Gasteiger partial charge < -0.3 is 19.7 Å². The quantitative estimate of drug-likeness (QED) is 0.339. The molecule has 12 heteroatoms. The average Bonchev–Trinajstić information content (AvgIpc) is 2.94. The van der Waals surface area contributed by atoms with Crippen LogP contribution in [0, 0.1) is 6.92 Å². The van der Waals surface area contributed by atoms with Gasteiger partial charge in [0, 0.05) is 29.7 Å². The minimum Gasteiger partial charge on any atom is -0.493 e. The lowest BCUT2D eigenvalue weighted by Crippen LogP contribution is -2.50. The van der Waals surface area contributed by atoms with Crippen LogP contribution >= 0.6 is 23.2 Å². The number of methoxy groups -OCH3 is 2. The number of anilines is 1. The molecule has 0 aliphatic carbocycles. The van der Waals surface area contributed by atoms with Crippen LogP contribution in [-0.2, 0) is 26.2 Å². The van der Waals surface area contributed by atoms with Gasteiger partial charge >= 0.3 is 0 Å². The minimum absolute atomic E-state index is 0.00710. The molecule has 0 radical (unpaired) electrons. The first kappa shape index (κ1) is 31.1. The van der Waals surface area contributed by atoms with E-state index in [2.05, 4.69) is 5.32 Å². The summed E-state index contributed by atoms with van der Waals surface area (Å²) in [6.07, 6.45) is 0. The number of hydrogen-bond acceptors (Lipinski definition) is 6. The molecule has 3 rings (SSSR count). The molecular weight excluding hydrogens is 577 g/mol. The Labute approximate surface area is 244 Å². The summed E-state index contributed by atoms with van der Waals surface area (Å²) in [6.45, 7) is 2.72. The summed E-state index contributed by atoms with van der Waals surface area (Å²) in [5, 5.41) is 3.25. The van der Waals surface area contributed by atoms with Gasteiger partial charge in [-0.3, -0.25) is 13.9 Å². The monoisotopic (exact) mass is 607 g/mol. The van der Waals surface area contributed by atoms with Crippen molar-refractivity contribution in [2.45, 2.75) is 31.3 Å². The third kappa shape index (κ3) is 6.99. The van der Waals surface area contributed by atoms with Gasteiger partial charge in [0.25, 0.3) is 10.0 Å². The van der Waals surface area contributed by atoms with Crippen LogP contribution in [0.2, 0.25) is 10.0 Å². The Kier molecular flexibility index (Phi) is 10.3. The van der Waals surface area contributed by atoms with Gasteiger partial charge in [0.2, 0.25) is 11.8 Å². The van der Waals surface area contributed by atoms with E-state index in [0.717, 1.165) is 9.87 Å². The van der Waals surface area contributed by atoms with Crippen LogP contribution in [0.3, 0.4) is 0 Å². The Hall–Kier alpha value is -3.47. The second-order valence-electron chi connectivity index (χ2n) is 8.91. The summed E-state index contributed by atoms with van der Waals surface area (Å²) in [5.41, 5.74) is 1.58. The number of sulfonamides is 1. The molecule has 0 aliphatic heterocycles. The molecule has 0 aromatic heterocycles. The number of likely N-dealkylation sites (N-methyl/N-ethyl adjacent to an activating group) is 1. The van der Waals surface area contributed by atoms with Gasteiger partial charge in [-0.25, -0.2) is 8.42 Å². The molecule has 0 saturated heterocycles. The van der Waals surface area contributed by atoms with E-state index in [9.17, 15) is 18.0 Å². The van der Waals surface area contributed by atoms with Crippen LogP contribution in [0.15, 0.2) is 65.6 Å². The van der Waals surface area contributed by atoms with Gasteiger partial charge in [0.05, 0.1) is 24.8 Å². The highest BCUT2D eigenvalue weighted by Crippen LogP contribution is 2.34. The topological polar surface area (TPSA) is 105 Å². The molecule has 0 fully saturated rings. The zero-order valence-corrected chi connectivity index (χ0v) is 25.1. The zero-order valence-electron chi connectivity index (χ0n) is 22.8. The van der Waals surface area contributed by atoms with E-state index in [1.807, 2.05) is 6.92 Å². The average molecular weight is 609 g/mol. The van der Waals surface area contributed by atoms with Gasteiger partial charge in [0.1, 0.15) is 12.6 Å². The number of nitrogens with zero attached hydrogens (tertiary/aromatic N) is 2. The lowest BCUT2D eigenvalue weighted by atomic mass is 10.1. The van der Waals surface area contributed by atoms with Crippen molar-refractivity contribution in [3.8, 4) is 11.5 Å². The Morgan fingerprint density at radius 3 is 2.17 bits per heavy atom. The molecule has 3 aromatic carbocycles. The van der Waals surface area contributed by atoms with Crippen molar-refractivity contribution in [3.63, 3.8) is 0 Å². The second-order valence-corrected chi connectivity index (χ2v) is 11.6. The van der Waals surface area contributed by atoms with Crippen LogP contribution in [0.1, 0.15) is 18.1 Å². The number of carbonyl (C=O) groups excluding carboxylic acids is 2. The third-order valence-electron chi connectivity index (χ3n) is 6.31. The van der Waals surface area contributed by atoms with Crippen LogP contribution in [-0.4, -0.2) is 59.0 Å². The van der Waals surface area contributed by atoms with Crippen molar-refractivity contribution in [2.24, 2.45) is 0 Å². The molecular formula is C28H31Cl2N3O6S. The SMILES string of the molecule is CNC(=O)C(C)N(Cc1ccc(Cl)cc1Cl)C(=O)CN(c1ccc(OC)c(OC)c1)S(=O)(=O)c1ccc(C)cc1. The normalized spacial score (nSPS) is 11.9. The summed E-state index contributed by atoms with van der Waals surface area (Å²) >= 11 is 12.4. The van der Waals surface area contributed by atoms with Crippen molar-refractivity contribution in [3.05, 3.63) is 81.8 Å². The van der Waals surface area contributed by atoms with Gasteiger partial charge in [-0.1, -0.05) is 47.0 Å². The molecule has 2 amide bonds. The van der Waals surface area contributed by atoms with Crippen molar-refractivity contribution >= 4 is 50.7 Å². The highest BCUT2D eigenvalue weighted by Gasteiger charge is 2.33. The highest BCUT2D eigenvalue weighted by atomic mass is 35.5. The van der Waals surface area contributed by atoms with Crippen LogP contribution < -0.4 is 19.1 Å². The first-order chi connectivity index (χ1) is 18.9. The maximum absolute atomic E-state index is 13.9. The lowest BCUT2D eigenvalue weighted by molar-refractivity contribution is -0.139. The summed E-state index contributed by atoms with van der Waals surface area (Å²) in [5.74, 6) is -0.400. The number of rotatable bonds is 11. The Morgan fingerprint density at radius 2 is 1.60 bits per heavy atom. The molecule has 1 atom stereocenters. The number of carbonyl (C=O) groups is 2. The number of aryl methyl sites for hydroxylation is 1. The third-order valence-corrected chi connectivity index (χ3v) is 8.69. The largest absolute Gasteiger partial charge is 0.493 e. The van der Waals surface area contributed by atoms with Gasteiger partial charge in [-0.05, 0) is 55.8 Å². The maximum Gasteiger partial charge on any atom is 0.264 e. The molecule has 214 valence electrons. The van der Waals surface area contributed by atoms with E-state index >= 15 is 0 Å². The Bertz CT molecular complexity index is 1480. The standard InChI is InChI=1S/C28H31Cl2N3O6S/c1-18-6-11-23(12-7-18)40(36,37)33(22-10-13-25(38-4)26(15-22)39-5)17-27(34)32(19(2)28(35)31-3)16-20-8-9-21(29)14-24(20)30/h6-15,19H,16-17H2,1-5H3,(H,31,35). The van der Waals surface area contributed by atoms with Gasteiger partial charge in [-0.15, -0.1) is 0 Å². The lowest BCUT2D eigenvalue weighted by Gasteiger charge is -2.32. The number of nitrogens with one attached hydrogen (secondary N) is 1. The molecule has 9 nitrogen and oxygen atoms in total.